The number of benzene rings is 3. The molecule has 0 N–H and O–H groups in total. The molecular formula is C21H16NaO5S-. The van der Waals surface area contributed by atoms with E-state index in [2.05, 4.69) is 0 Å². The van der Waals surface area contributed by atoms with Crippen molar-refractivity contribution < 1.29 is 52.4 Å². The van der Waals surface area contributed by atoms with Gasteiger partial charge < -0.3 is 10.2 Å². The fourth-order valence-electron chi connectivity index (χ4n) is 3.82. The maximum absolute atomic E-state index is 12.8. The molecule has 3 aromatic rings. The normalized spacial score (nSPS) is 16.2. The average molecular weight is 403 g/mol. The summed E-state index contributed by atoms with van der Waals surface area (Å²) in [5.41, 5.74) is 1.34. The summed E-state index contributed by atoms with van der Waals surface area (Å²) in [6.45, 7) is 3.49. The van der Waals surface area contributed by atoms with Crippen LogP contribution < -0.4 is 39.8 Å². The van der Waals surface area contributed by atoms with Crippen LogP contribution in [0.1, 0.15) is 27.8 Å². The van der Waals surface area contributed by atoms with Crippen LogP contribution in [-0.2, 0) is 19.9 Å². The summed E-state index contributed by atoms with van der Waals surface area (Å²) in [5.74, 6) is -0.348. The minimum Gasteiger partial charge on any atom is -0.872 e. The van der Waals surface area contributed by atoms with Crippen LogP contribution >= 0.6 is 0 Å². The summed E-state index contributed by atoms with van der Waals surface area (Å²) in [6.07, 6.45) is 0. The Morgan fingerprint density at radius 2 is 1.29 bits per heavy atom. The van der Waals surface area contributed by atoms with E-state index in [1.165, 1.54) is 30.3 Å². The van der Waals surface area contributed by atoms with Crippen LogP contribution in [-0.4, -0.2) is 8.42 Å². The Balaban J connectivity index is 0.00000225. The van der Waals surface area contributed by atoms with Crippen molar-refractivity contribution in [1.82, 2.24) is 0 Å². The van der Waals surface area contributed by atoms with Crippen molar-refractivity contribution in [3.8, 4) is 11.5 Å². The van der Waals surface area contributed by atoms with Gasteiger partial charge in [0.1, 0.15) is 4.90 Å². The second-order valence-electron chi connectivity index (χ2n) is 6.67. The van der Waals surface area contributed by atoms with E-state index in [1.54, 1.807) is 44.2 Å². The van der Waals surface area contributed by atoms with E-state index in [0.717, 1.165) is 0 Å². The van der Waals surface area contributed by atoms with Crippen LogP contribution in [0, 0.1) is 13.8 Å². The molecule has 0 saturated carbocycles. The first-order valence-corrected chi connectivity index (χ1v) is 9.78. The van der Waals surface area contributed by atoms with E-state index in [4.69, 9.17) is 4.18 Å². The predicted molar refractivity (Wildman–Crippen MR) is 95.8 cm³/mol. The molecule has 0 saturated heterocycles. The summed E-state index contributed by atoms with van der Waals surface area (Å²) >= 11 is 0. The molecule has 28 heavy (non-hydrogen) atoms. The summed E-state index contributed by atoms with van der Waals surface area (Å²) in [6, 6.07) is 15.5. The van der Waals surface area contributed by atoms with E-state index < -0.39 is 15.7 Å². The molecule has 7 heteroatoms. The van der Waals surface area contributed by atoms with E-state index in [0.29, 0.717) is 27.8 Å². The molecule has 0 fully saturated rings. The zero-order valence-corrected chi connectivity index (χ0v) is 18.5. The Morgan fingerprint density at radius 3 is 1.79 bits per heavy atom. The summed E-state index contributed by atoms with van der Waals surface area (Å²) in [7, 11) is -4.02. The standard InChI is InChI=1S/C21H18O5S.Na/c1-13-11-15(22)7-9-17(13)21(18-10-8-16(23)12-14(18)2)19-5-3-4-6-20(19)27(24,25)26-21;/h3-12,22-23H,1-2H3;/q;+1/p-2. The first-order valence-electron chi connectivity index (χ1n) is 8.37. The third-order valence-electron chi connectivity index (χ3n) is 4.92. The molecule has 3 aromatic carbocycles. The van der Waals surface area contributed by atoms with Gasteiger partial charge in [0.15, 0.2) is 5.60 Å². The van der Waals surface area contributed by atoms with E-state index >= 15 is 0 Å². The Hall–Kier alpha value is -1.83. The number of hydrogen-bond acceptors (Lipinski definition) is 5. The number of hydrogen-bond donors (Lipinski definition) is 0. The van der Waals surface area contributed by atoms with Crippen LogP contribution in [0.5, 0.6) is 11.5 Å². The maximum atomic E-state index is 12.8. The second kappa shape index (κ2) is 7.21. The third-order valence-corrected chi connectivity index (χ3v) is 6.29. The zero-order valence-electron chi connectivity index (χ0n) is 15.7. The summed E-state index contributed by atoms with van der Waals surface area (Å²) in [5, 5.41) is 23.6. The first-order chi connectivity index (χ1) is 12.8. The Bertz CT molecular complexity index is 1120. The first kappa shape index (κ1) is 20.9. The van der Waals surface area contributed by atoms with Gasteiger partial charge >= 0.3 is 29.6 Å². The molecule has 0 unspecified atom stereocenters. The van der Waals surface area contributed by atoms with Gasteiger partial charge in [-0.05, 0) is 42.2 Å². The second-order valence-corrected chi connectivity index (χ2v) is 8.18. The molecule has 4 rings (SSSR count). The van der Waals surface area contributed by atoms with Gasteiger partial charge in [-0.25, -0.2) is 4.18 Å². The molecule has 1 heterocycles. The molecule has 5 nitrogen and oxygen atoms in total. The Kier molecular flexibility index (Phi) is 5.38. The van der Waals surface area contributed by atoms with Gasteiger partial charge in [0.25, 0.3) is 10.1 Å². The maximum Gasteiger partial charge on any atom is 1.00 e. The van der Waals surface area contributed by atoms with Gasteiger partial charge in [-0.3, -0.25) is 0 Å². The van der Waals surface area contributed by atoms with Crippen LogP contribution in [0.4, 0.5) is 0 Å². The fourth-order valence-corrected chi connectivity index (χ4v) is 5.23. The van der Waals surface area contributed by atoms with Crippen LogP contribution in [0.25, 0.3) is 0 Å². The summed E-state index contributed by atoms with van der Waals surface area (Å²) < 4.78 is 31.4. The van der Waals surface area contributed by atoms with Gasteiger partial charge in [0, 0.05) is 5.56 Å². The topological polar surface area (TPSA) is 89.5 Å². The van der Waals surface area contributed by atoms with Gasteiger partial charge in [-0.1, -0.05) is 54.6 Å². The van der Waals surface area contributed by atoms with Gasteiger partial charge in [0.2, 0.25) is 0 Å². The van der Waals surface area contributed by atoms with Crippen molar-refractivity contribution in [1.29, 1.82) is 0 Å². The molecular weight excluding hydrogens is 387 g/mol. The van der Waals surface area contributed by atoms with Crippen molar-refractivity contribution in [2.24, 2.45) is 0 Å². The van der Waals surface area contributed by atoms with Crippen LogP contribution in [0.15, 0.2) is 65.6 Å². The average Bonchev–Trinajstić information content (AvgIpc) is 2.84. The number of fused-ring (bicyclic) bond motifs is 1. The number of rotatable bonds is 2. The molecule has 0 amide bonds. The van der Waals surface area contributed by atoms with E-state index in [-0.39, 0.29) is 46.0 Å². The smallest absolute Gasteiger partial charge is 0.872 e. The van der Waals surface area contributed by atoms with Crippen molar-refractivity contribution in [3.63, 3.8) is 0 Å². The Labute approximate surface area is 186 Å². The van der Waals surface area contributed by atoms with E-state index in [9.17, 15) is 18.6 Å². The van der Waals surface area contributed by atoms with Crippen molar-refractivity contribution >= 4 is 10.1 Å². The van der Waals surface area contributed by atoms with Crippen LogP contribution in [0.2, 0.25) is 0 Å². The minimum absolute atomic E-state index is 0. The molecule has 0 aromatic heterocycles. The monoisotopic (exact) mass is 403 g/mol. The molecule has 0 radical (unpaired) electrons. The van der Waals surface area contributed by atoms with Crippen molar-refractivity contribution in [2.45, 2.75) is 24.3 Å². The van der Waals surface area contributed by atoms with Crippen molar-refractivity contribution in [2.75, 3.05) is 0 Å². The summed E-state index contributed by atoms with van der Waals surface area (Å²) in [4.78, 5) is 0.0844. The molecule has 138 valence electrons. The van der Waals surface area contributed by atoms with Crippen LogP contribution in [0.3, 0.4) is 0 Å². The zero-order chi connectivity index (χ0) is 19.4. The molecule has 0 aliphatic carbocycles. The number of aryl methyl sites for hydroxylation is 2. The molecule has 0 spiro atoms. The Morgan fingerprint density at radius 1 is 0.786 bits per heavy atom. The van der Waals surface area contributed by atoms with Gasteiger partial charge in [-0.15, -0.1) is 11.5 Å². The quantitative estimate of drug-likeness (QED) is 0.424. The van der Waals surface area contributed by atoms with Gasteiger partial charge in [0.05, 0.1) is 0 Å². The van der Waals surface area contributed by atoms with E-state index in [1.807, 2.05) is 0 Å². The fraction of sp³-hybridized carbons (Fsp3) is 0.143. The van der Waals surface area contributed by atoms with Gasteiger partial charge in [-0.2, -0.15) is 8.42 Å². The minimum atomic E-state index is -4.02. The van der Waals surface area contributed by atoms with Crippen molar-refractivity contribution in [3.05, 3.63) is 88.5 Å². The predicted octanol–water partition coefficient (Wildman–Crippen LogP) is -0.535. The third kappa shape index (κ3) is 3.06. The molecule has 1 aliphatic heterocycles. The molecule has 1 aliphatic rings. The SMILES string of the molecule is Cc1cc([O-])ccc1C1(c2ccc([O-])cc2C)OS(=O)(=O)c2ccccc21.[Na+]. The molecule has 0 atom stereocenters. The largest absolute Gasteiger partial charge is 1.00 e. The molecule has 0 bridgehead atoms.